The van der Waals surface area contributed by atoms with E-state index >= 15 is 0 Å². The second-order valence-electron chi connectivity index (χ2n) is 3.33. The van der Waals surface area contributed by atoms with Crippen LogP contribution in [-0.4, -0.2) is 43.8 Å². The Labute approximate surface area is 86.5 Å². The fourth-order valence-corrected chi connectivity index (χ4v) is 1.55. The van der Waals surface area contributed by atoms with Crippen molar-refractivity contribution in [3.8, 4) is 12.3 Å². The van der Waals surface area contributed by atoms with Crippen LogP contribution in [0.15, 0.2) is 6.33 Å². The maximum atomic E-state index is 9.65. The fraction of sp³-hybridized carbons (Fsp3) is 0.556. The van der Waals surface area contributed by atoms with Gasteiger partial charge >= 0.3 is 0 Å². The number of aromatic nitrogens is 3. The van der Waals surface area contributed by atoms with Gasteiger partial charge < -0.3 is 14.9 Å². The molecule has 0 spiro atoms. The number of terminal acetylenes is 1. The molecule has 1 aromatic heterocycles. The highest BCUT2D eigenvalue weighted by molar-refractivity contribution is 5.12. The third-order valence-electron chi connectivity index (χ3n) is 2.27. The van der Waals surface area contributed by atoms with E-state index in [4.69, 9.17) is 16.3 Å². The second kappa shape index (κ2) is 3.98. The monoisotopic (exact) mass is 209 g/mol. The van der Waals surface area contributed by atoms with Gasteiger partial charge in [-0.2, -0.15) is 0 Å². The first-order chi connectivity index (χ1) is 7.24. The summed E-state index contributed by atoms with van der Waals surface area (Å²) in [6.07, 6.45) is 5.23. The number of hydrogen-bond acceptors (Lipinski definition) is 5. The van der Waals surface area contributed by atoms with E-state index in [0.717, 1.165) is 0 Å². The predicted molar refractivity (Wildman–Crippen MR) is 49.6 cm³/mol. The van der Waals surface area contributed by atoms with E-state index in [-0.39, 0.29) is 18.5 Å². The van der Waals surface area contributed by atoms with E-state index in [0.29, 0.717) is 6.42 Å². The van der Waals surface area contributed by atoms with Crippen molar-refractivity contribution < 1.29 is 14.9 Å². The lowest BCUT2D eigenvalue weighted by atomic mass is 10.2. The van der Waals surface area contributed by atoms with Crippen LogP contribution in [0.5, 0.6) is 0 Å². The zero-order valence-corrected chi connectivity index (χ0v) is 7.95. The number of aliphatic hydroxyl groups is 2. The molecule has 2 N–H and O–H groups in total. The lowest BCUT2D eigenvalue weighted by Gasteiger charge is -2.13. The molecule has 1 saturated heterocycles. The minimum atomic E-state index is -0.700. The maximum absolute atomic E-state index is 9.65. The summed E-state index contributed by atoms with van der Waals surface area (Å²) in [4.78, 5) is 3.83. The molecule has 2 rings (SSSR count). The van der Waals surface area contributed by atoms with Gasteiger partial charge in [0.25, 0.3) is 0 Å². The minimum absolute atomic E-state index is 0.121. The molecule has 0 saturated carbocycles. The molecule has 1 aliphatic rings. The van der Waals surface area contributed by atoms with Gasteiger partial charge in [-0.15, -0.1) is 11.5 Å². The minimum Gasteiger partial charge on any atom is -0.394 e. The summed E-state index contributed by atoms with van der Waals surface area (Å²) >= 11 is 0. The molecular formula is C9H11N3O3. The van der Waals surface area contributed by atoms with Crippen LogP contribution in [0.4, 0.5) is 0 Å². The van der Waals surface area contributed by atoms with Gasteiger partial charge in [0.05, 0.1) is 12.7 Å². The molecule has 0 bridgehead atoms. The largest absolute Gasteiger partial charge is 0.394 e. The highest BCUT2D eigenvalue weighted by Crippen LogP contribution is 2.27. The number of nitrogens with zero attached hydrogens (tertiary/aromatic N) is 3. The van der Waals surface area contributed by atoms with Gasteiger partial charge in [-0.3, -0.25) is 0 Å². The second-order valence-corrected chi connectivity index (χ2v) is 3.33. The van der Waals surface area contributed by atoms with Crippen LogP contribution >= 0.6 is 0 Å². The molecule has 80 valence electrons. The Balaban J connectivity index is 2.14. The third-order valence-corrected chi connectivity index (χ3v) is 2.27. The first-order valence-corrected chi connectivity index (χ1v) is 4.56. The van der Waals surface area contributed by atoms with Gasteiger partial charge in [0.15, 0.2) is 6.23 Å². The fourth-order valence-electron chi connectivity index (χ4n) is 1.55. The first kappa shape index (κ1) is 10.1. The van der Waals surface area contributed by atoms with Crippen LogP contribution in [0.25, 0.3) is 0 Å². The van der Waals surface area contributed by atoms with Gasteiger partial charge in [0.1, 0.15) is 12.4 Å². The summed E-state index contributed by atoms with van der Waals surface area (Å²) in [5.74, 6) is 2.53. The van der Waals surface area contributed by atoms with Crippen molar-refractivity contribution in [3.63, 3.8) is 0 Å². The Kier molecular flexibility index (Phi) is 2.68. The Bertz CT molecular complexity index is 384. The van der Waals surface area contributed by atoms with E-state index in [1.807, 2.05) is 0 Å². The number of aliphatic hydroxyl groups excluding tert-OH is 2. The standard InChI is InChI=1S/C9H11N3O3/c1-2-8-10-5-12(11-8)9-7(14)3-6(4-13)15-9/h1,5-7,9,13-14H,3-4H2/t6-,7-,9+/m0/s1. The normalized spacial score (nSPS) is 30.3. The molecule has 15 heavy (non-hydrogen) atoms. The van der Waals surface area contributed by atoms with E-state index in [1.165, 1.54) is 11.0 Å². The van der Waals surface area contributed by atoms with Crippen LogP contribution in [0.2, 0.25) is 0 Å². The summed E-state index contributed by atoms with van der Waals surface area (Å²) in [6, 6.07) is 0. The summed E-state index contributed by atoms with van der Waals surface area (Å²) in [5.41, 5.74) is 0. The number of ether oxygens (including phenoxy) is 1. The van der Waals surface area contributed by atoms with Gasteiger partial charge in [0, 0.05) is 6.42 Å². The Morgan fingerprint density at radius 2 is 2.53 bits per heavy atom. The van der Waals surface area contributed by atoms with Crippen molar-refractivity contribution in [1.29, 1.82) is 0 Å². The molecule has 6 nitrogen and oxygen atoms in total. The van der Waals surface area contributed by atoms with E-state index in [9.17, 15) is 5.11 Å². The summed E-state index contributed by atoms with van der Waals surface area (Å²) in [5, 5.41) is 22.5. The molecule has 0 aliphatic carbocycles. The molecule has 1 aromatic rings. The molecule has 2 heterocycles. The molecule has 1 fully saturated rings. The summed E-state index contributed by atoms with van der Waals surface area (Å²) in [6.45, 7) is -0.121. The smallest absolute Gasteiger partial charge is 0.225 e. The molecular weight excluding hydrogens is 198 g/mol. The first-order valence-electron chi connectivity index (χ1n) is 4.56. The molecule has 6 heteroatoms. The van der Waals surface area contributed by atoms with Crippen LogP contribution in [0.3, 0.4) is 0 Å². The number of hydrogen-bond donors (Lipinski definition) is 2. The highest BCUT2D eigenvalue weighted by atomic mass is 16.5. The van der Waals surface area contributed by atoms with Crippen LogP contribution in [0, 0.1) is 12.3 Å². The van der Waals surface area contributed by atoms with Crippen molar-refractivity contribution >= 4 is 0 Å². The molecule has 1 aliphatic heterocycles. The molecule has 0 aromatic carbocycles. The summed E-state index contributed by atoms with van der Waals surface area (Å²) in [7, 11) is 0. The molecule has 0 unspecified atom stereocenters. The predicted octanol–water partition coefficient (Wildman–Crippen LogP) is -1.10. The van der Waals surface area contributed by atoms with Crippen molar-refractivity contribution in [2.75, 3.05) is 6.61 Å². The number of rotatable bonds is 2. The Hall–Kier alpha value is -1.42. The lowest BCUT2D eigenvalue weighted by Crippen LogP contribution is -2.20. The Morgan fingerprint density at radius 3 is 3.07 bits per heavy atom. The molecule has 0 radical (unpaired) electrons. The highest BCUT2D eigenvalue weighted by Gasteiger charge is 2.35. The van der Waals surface area contributed by atoms with Crippen molar-refractivity contribution in [2.45, 2.75) is 24.9 Å². The van der Waals surface area contributed by atoms with Gasteiger partial charge in [-0.1, -0.05) is 0 Å². The average Bonchev–Trinajstić information content (AvgIpc) is 2.83. The zero-order valence-electron chi connectivity index (χ0n) is 7.95. The van der Waals surface area contributed by atoms with Crippen LogP contribution < -0.4 is 0 Å². The quantitative estimate of drug-likeness (QED) is 0.604. The molecule has 3 atom stereocenters. The van der Waals surface area contributed by atoms with Gasteiger partial charge in [-0.25, -0.2) is 9.67 Å². The summed E-state index contributed by atoms with van der Waals surface area (Å²) < 4.78 is 6.73. The third kappa shape index (κ3) is 1.85. The topological polar surface area (TPSA) is 80.4 Å². The van der Waals surface area contributed by atoms with E-state index in [1.54, 1.807) is 0 Å². The zero-order chi connectivity index (χ0) is 10.8. The molecule has 0 amide bonds. The SMILES string of the molecule is C#Cc1ncn([C@@H]2O[C@H](CO)C[C@@H]2O)n1. The Morgan fingerprint density at radius 1 is 1.73 bits per heavy atom. The van der Waals surface area contributed by atoms with Gasteiger partial charge in [0.2, 0.25) is 5.82 Å². The van der Waals surface area contributed by atoms with Crippen molar-refractivity contribution in [2.24, 2.45) is 0 Å². The average molecular weight is 209 g/mol. The van der Waals surface area contributed by atoms with Crippen molar-refractivity contribution in [3.05, 3.63) is 12.2 Å². The van der Waals surface area contributed by atoms with Gasteiger partial charge in [-0.05, 0) is 5.92 Å². The van der Waals surface area contributed by atoms with Crippen LogP contribution in [-0.2, 0) is 4.74 Å². The lowest BCUT2D eigenvalue weighted by molar-refractivity contribution is -0.0572. The maximum Gasteiger partial charge on any atom is 0.225 e. The van der Waals surface area contributed by atoms with Crippen LogP contribution in [0.1, 0.15) is 18.5 Å². The van der Waals surface area contributed by atoms with E-state index < -0.39 is 12.3 Å². The van der Waals surface area contributed by atoms with Crippen molar-refractivity contribution in [1.82, 2.24) is 14.8 Å². The van der Waals surface area contributed by atoms with E-state index in [2.05, 4.69) is 16.0 Å².